The van der Waals surface area contributed by atoms with E-state index in [1.807, 2.05) is 11.8 Å². The molecule has 88 valence electrons. The van der Waals surface area contributed by atoms with Crippen LogP contribution in [-0.4, -0.2) is 23.9 Å². The lowest BCUT2D eigenvalue weighted by Crippen LogP contribution is -2.32. The Kier molecular flexibility index (Phi) is 8.06. The van der Waals surface area contributed by atoms with Crippen molar-refractivity contribution >= 4 is 5.91 Å². The average molecular weight is 211 g/mol. The highest BCUT2D eigenvalue weighted by atomic mass is 16.2. The minimum absolute atomic E-state index is 0.105. The Morgan fingerprint density at radius 3 is 2.20 bits per heavy atom. The van der Waals surface area contributed by atoms with Gasteiger partial charge >= 0.3 is 0 Å². The largest absolute Gasteiger partial charge is 0.339 e. The summed E-state index contributed by atoms with van der Waals surface area (Å²) in [5.74, 6) is 0.105. The lowest BCUT2D eigenvalue weighted by atomic mass is 10.1. The Bertz CT molecular complexity index is 199. The Hall–Kier alpha value is -0.790. The quantitative estimate of drug-likeness (QED) is 0.445. The number of hydrogen-bond donors (Lipinski definition) is 0. The van der Waals surface area contributed by atoms with Gasteiger partial charge in [0.15, 0.2) is 0 Å². The SMILES string of the molecule is C=C(C)C(=O)N(CC)CCCCCCC. The highest BCUT2D eigenvalue weighted by molar-refractivity contribution is 5.92. The molecule has 0 atom stereocenters. The molecule has 0 bridgehead atoms. The Morgan fingerprint density at radius 1 is 1.13 bits per heavy atom. The summed E-state index contributed by atoms with van der Waals surface area (Å²) < 4.78 is 0. The molecule has 0 aromatic carbocycles. The first-order chi connectivity index (χ1) is 7.13. The summed E-state index contributed by atoms with van der Waals surface area (Å²) in [4.78, 5) is 13.5. The molecule has 0 aromatic heterocycles. The van der Waals surface area contributed by atoms with Crippen molar-refractivity contribution in [1.82, 2.24) is 4.90 Å². The van der Waals surface area contributed by atoms with Crippen LogP contribution in [0.25, 0.3) is 0 Å². The Balaban J connectivity index is 3.71. The van der Waals surface area contributed by atoms with Crippen LogP contribution in [0.5, 0.6) is 0 Å². The van der Waals surface area contributed by atoms with E-state index < -0.39 is 0 Å². The lowest BCUT2D eigenvalue weighted by Gasteiger charge is -2.20. The number of nitrogens with zero attached hydrogens (tertiary/aromatic N) is 1. The average Bonchev–Trinajstić information content (AvgIpc) is 2.22. The first kappa shape index (κ1) is 14.2. The molecule has 0 aromatic rings. The van der Waals surface area contributed by atoms with Crippen molar-refractivity contribution in [2.75, 3.05) is 13.1 Å². The van der Waals surface area contributed by atoms with Gasteiger partial charge in [-0.2, -0.15) is 0 Å². The maximum atomic E-state index is 11.6. The summed E-state index contributed by atoms with van der Waals surface area (Å²) in [7, 11) is 0. The van der Waals surface area contributed by atoms with E-state index in [9.17, 15) is 4.79 Å². The van der Waals surface area contributed by atoms with Gasteiger partial charge in [0.25, 0.3) is 0 Å². The van der Waals surface area contributed by atoms with E-state index in [0.29, 0.717) is 5.57 Å². The minimum Gasteiger partial charge on any atom is -0.339 e. The molecule has 0 fully saturated rings. The predicted molar refractivity (Wildman–Crippen MR) is 65.8 cm³/mol. The van der Waals surface area contributed by atoms with E-state index in [2.05, 4.69) is 13.5 Å². The van der Waals surface area contributed by atoms with Crippen molar-refractivity contribution in [2.45, 2.75) is 52.9 Å². The fourth-order valence-electron chi connectivity index (χ4n) is 1.58. The highest BCUT2D eigenvalue weighted by Crippen LogP contribution is 2.05. The third kappa shape index (κ3) is 6.32. The van der Waals surface area contributed by atoms with Gasteiger partial charge in [0.05, 0.1) is 0 Å². The van der Waals surface area contributed by atoms with Crippen LogP contribution in [0, 0.1) is 0 Å². The van der Waals surface area contributed by atoms with Gasteiger partial charge in [-0.15, -0.1) is 0 Å². The molecule has 0 aliphatic carbocycles. The standard InChI is InChI=1S/C13H25NO/c1-5-7-8-9-10-11-14(6-2)13(15)12(3)4/h3,5-11H2,1-2,4H3. The number of unbranched alkanes of at least 4 members (excludes halogenated alkanes) is 4. The number of carbonyl (C=O) groups excluding carboxylic acids is 1. The zero-order valence-electron chi connectivity index (χ0n) is 10.5. The van der Waals surface area contributed by atoms with Crippen LogP contribution in [0.2, 0.25) is 0 Å². The second-order valence-corrected chi connectivity index (χ2v) is 4.08. The van der Waals surface area contributed by atoms with Gasteiger partial charge in [-0.05, 0) is 20.3 Å². The molecule has 1 amide bonds. The fraction of sp³-hybridized carbons (Fsp3) is 0.769. The maximum Gasteiger partial charge on any atom is 0.248 e. The molecule has 2 nitrogen and oxygen atoms in total. The summed E-state index contributed by atoms with van der Waals surface area (Å²) >= 11 is 0. The summed E-state index contributed by atoms with van der Waals surface area (Å²) in [5, 5.41) is 0. The molecule has 0 radical (unpaired) electrons. The number of carbonyl (C=O) groups is 1. The molecule has 0 saturated carbocycles. The van der Waals surface area contributed by atoms with Crippen molar-refractivity contribution < 1.29 is 4.79 Å². The zero-order chi connectivity index (χ0) is 11.7. The Labute approximate surface area is 94.4 Å². The molecule has 0 heterocycles. The van der Waals surface area contributed by atoms with Crippen LogP contribution < -0.4 is 0 Å². The molecular weight excluding hydrogens is 186 g/mol. The van der Waals surface area contributed by atoms with Crippen LogP contribution in [0.4, 0.5) is 0 Å². The number of amides is 1. The third-order valence-corrected chi connectivity index (χ3v) is 2.57. The van der Waals surface area contributed by atoms with E-state index in [-0.39, 0.29) is 5.91 Å². The van der Waals surface area contributed by atoms with Gasteiger partial charge in [-0.1, -0.05) is 39.2 Å². The molecule has 0 unspecified atom stereocenters. The van der Waals surface area contributed by atoms with Crippen molar-refractivity contribution in [3.63, 3.8) is 0 Å². The van der Waals surface area contributed by atoms with E-state index in [1.54, 1.807) is 6.92 Å². The summed E-state index contributed by atoms with van der Waals surface area (Å²) in [6.07, 6.45) is 6.21. The topological polar surface area (TPSA) is 20.3 Å². The van der Waals surface area contributed by atoms with Crippen LogP contribution in [-0.2, 0) is 4.79 Å². The molecule has 0 rings (SSSR count). The highest BCUT2D eigenvalue weighted by Gasteiger charge is 2.10. The van der Waals surface area contributed by atoms with E-state index in [4.69, 9.17) is 0 Å². The number of rotatable bonds is 8. The molecule has 0 aliphatic rings. The van der Waals surface area contributed by atoms with Crippen molar-refractivity contribution in [2.24, 2.45) is 0 Å². The van der Waals surface area contributed by atoms with Gasteiger partial charge in [-0.3, -0.25) is 4.79 Å². The van der Waals surface area contributed by atoms with E-state index in [1.165, 1.54) is 25.7 Å². The van der Waals surface area contributed by atoms with E-state index >= 15 is 0 Å². The smallest absolute Gasteiger partial charge is 0.248 e. The third-order valence-electron chi connectivity index (χ3n) is 2.57. The number of hydrogen-bond acceptors (Lipinski definition) is 1. The van der Waals surface area contributed by atoms with Crippen molar-refractivity contribution in [3.05, 3.63) is 12.2 Å². The predicted octanol–water partition coefficient (Wildman–Crippen LogP) is 3.38. The normalized spacial score (nSPS) is 10.1. The molecule has 2 heteroatoms. The van der Waals surface area contributed by atoms with Gasteiger partial charge in [0.2, 0.25) is 5.91 Å². The molecule has 15 heavy (non-hydrogen) atoms. The molecule has 0 N–H and O–H groups in total. The van der Waals surface area contributed by atoms with Gasteiger partial charge in [-0.25, -0.2) is 0 Å². The zero-order valence-corrected chi connectivity index (χ0v) is 10.5. The summed E-state index contributed by atoms with van der Waals surface area (Å²) in [6, 6.07) is 0. The van der Waals surface area contributed by atoms with Crippen LogP contribution in [0.1, 0.15) is 52.9 Å². The maximum absolute atomic E-state index is 11.6. The first-order valence-corrected chi connectivity index (χ1v) is 6.08. The van der Waals surface area contributed by atoms with Crippen molar-refractivity contribution in [1.29, 1.82) is 0 Å². The number of likely N-dealkylation sites (N-methyl/N-ethyl adjacent to an activating group) is 1. The van der Waals surface area contributed by atoms with Crippen LogP contribution >= 0.6 is 0 Å². The summed E-state index contributed by atoms with van der Waals surface area (Å²) in [5.41, 5.74) is 0.644. The molecule has 0 saturated heterocycles. The summed E-state index contributed by atoms with van der Waals surface area (Å²) in [6.45, 7) is 11.4. The second kappa shape index (κ2) is 8.51. The van der Waals surface area contributed by atoms with Crippen LogP contribution in [0.15, 0.2) is 12.2 Å². The van der Waals surface area contributed by atoms with Gasteiger partial charge < -0.3 is 4.90 Å². The van der Waals surface area contributed by atoms with Gasteiger partial charge in [0.1, 0.15) is 0 Å². The van der Waals surface area contributed by atoms with Crippen molar-refractivity contribution in [3.8, 4) is 0 Å². The Morgan fingerprint density at radius 2 is 1.73 bits per heavy atom. The van der Waals surface area contributed by atoms with Crippen LogP contribution in [0.3, 0.4) is 0 Å². The molecular formula is C13H25NO. The lowest BCUT2D eigenvalue weighted by molar-refractivity contribution is -0.126. The van der Waals surface area contributed by atoms with E-state index in [0.717, 1.165) is 19.5 Å². The second-order valence-electron chi connectivity index (χ2n) is 4.08. The minimum atomic E-state index is 0.105. The monoisotopic (exact) mass is 211 g/mol. The first-order valence-electron chi connectivity index (χ1n) is 6.08. The molecule has 0 aliphatic heterocycles. The molecule has 0 spiro atoms. The van der Waals surface area contributed by atoms with Gasteiger partial charge in [0, 0.05) is 18.7 Å². The fourth-order valence-corrected chi connectivity index (χ4v) is 1.58.